The van der Waals surface area contributed by atoms with Gasteiger partial charge in [-0.2, -0.15) is 23.3 Å². The highest BCUT2D eigenvalue weighted by molar-refractivity contribution is 7.90. The number of hydrogen-bond donors (Lipinski definition) is 0. The standard InChI is InChI=1S/C16H13F3N4O5S/c1-27-13(24)8-23-11(7-12(21-23)16(17,18)19)14-20-15(28-22-14)9-4-3-5-10(6-9)29(2,25)26/h3-7H,8H2,1-2H3. The van der Waals surface area contributed by atoms with Crippen LogP contribution in [0.2, 0.25) is 0 Å². The molecular formula is C16H13F3N4O5S. The molecule has 0 atom stereocenters. The molecule has 0 aliphatic rings. The van der Waals surface area contributed by atoms with Gasteiger partial charge in [-0.25, -0.2) is 13.1 Å². The molecule has 0 unspecified atom stereocenters. The normalized spacial score (nSPS) is 12.2. The summed E-state index contributed by atoms with van der Waals surface area (Å²) in [5.41, 5.74) is -1.22. The molecule has 0 saturated heterocycles. The number of rotatable bonds is 5. The quantitative estimate of drug-likeness (QED) is 0.566. The molecule has 9 nitrogen and oxygen atoms in total. The van der Waals surface area contributed by atoms with E-state index in [2.05, 4.69) is 20.0 Å². The van der Waals surface area contributed by atoms with Crippen molar-refractivity contribution in [1.82, 2.24) is 19.9 Å². The Balaban J connectivity index is 2.04. The summed E-state index contributed by atoms with van der Waals surface area (Å²) in [6.45, 7) is -0.602. The first kappa shape index (κ1) is 20.5. The summed E-state index contributed by atoms with van der Waals surface area (Å²) in [7, 11) is -2.41. The van der Waals surface area contributed by atoms with E-state index in [1.54, 1.807) is 0 Å². The van der Waals surface area contributed by atoms with Crippen LogP contribution >= 0.6 is 0 Å². The highest BCUT2D eigenvalue weighted by atomic mass is 32.2. The lowest BCUT2D eigenvalue weighted by molar-refractivity contribution is -0.144. The molecule has 2 aromatic heterocycles. The second kappa shape index (κ2) is 7.31. The maximum Gasteiger partial charge on any atom is 0.435 e. The maximum atomic E-state index is 13.0. The zero-order valence-corrected chi connectivity index (χ0v) is 15.8. The number of alkyl halides is 3. The number of benzene rings is 1. The Morgan fingerprint density at radius 2 is 2.00 bits per heavy atom. The van der Waals surface area contributed by atoms with Crippen LogP contribution in [0.15, 0.2) is 39.8 Å². The number of nitrogens with zero attached hydrogens (tertiary/aromatic N) is 4. The molecule has 0 saturated carbocycles. The Bertz CT molecular complexity index is 1170. The zero-order chi connectivity index (χ0) is 21.4. The van der Waals surface area contributed by atoms with Crippen molar-refractivity contribution in [1.29, 1.82) is 0 Å². The fraction of sp³-hybridized carbons (Fsp3) is 0.250. The van der Waals surface area contributed by atoms with Crippen molar-refractivity contribution in [2.75, 3.05) is 13.4 Å². The van der Waals surface area contributed by atoms with Gasteiger partial charge in [0, 0.05) is 11.8 Å². The van der Waals surface area contributed by atoms with Gasteiger partial charge in [-0.1, -0.05) is 11.2 Å². The van der Waals surface area contributed by atoms with E-state index in [9.17, 15) is 26.4 Å². The number of carbonyl (C=O) groups excluding carboxylic acids is 1. The Morgan fingerprint density at radius 1 is 1.28 bits per heavy atom. The van der Waals surface area contributed by atoms with Gasteiger partial charge >= 0.3 is 12.1 Å². The van der Waals surface area contributed by atoms with Gasteiger partial charge in [-0.05, 0) is 24.3 Å². The van der Waals surface area contributed by atoms with E-state index in [4.69, 9.17) is 4.52 Å². The Kier molecular flexibility index (Phi) is 5.17. The van der Waals surface area contributed by atoms with Crippen molar-refractivity contribution in [3.05, 3.63) is 36.0 Å². The van der Waals surface area contributed by atoms with Crippen LogP contribution < -0.4 is 0 Å². The average molecular weight is 430 g/mol. The number of esters is 1. The van der Waals surface area contributed by atoms with Gasteiger partial charge in [0.25, 0.3) is 5.89 Å². The van der Waals surface area contributed by atoms with Crippen molar-refractivity contribution in [2.24, 2.45) is 0 Å². The minimum absolute atomic E-state index is 0.00448. The first-order valence-corrected chi connectivity index (χ1v) is 9.74. The van der Waals surface area contributed by atoms with Crippen LogP contribution in [0.4, 0.5) is 13.2 Å². The molecule has 0 spiro atoms. The topological polar surface area (TPSA) is 117 Å². The molecule has 0 radical (unpaired) electrons. The molecule has 0 amide bonds. The monoisotopic (exact) mass is 430 g/mol. The summed E-state index contributed by atoms with van der Waals surface area (Å²) in [6, 6.07) is 6.29. The van der Waals surface area contributed by atoms with Gasteiger partial charge in [0.05, 0.1) is 12.0 Å². The van der Waals surface area contributed by atoms with Crippen molar-refractivity contribution < 1.29 is 35.6 Å². The number of sulfone groups is 1. The largest absolute Gasteiger partial charge is 0.468 e. The van der Waals surface area contributed by atoms with Gasteiger partial charge < -0.3 is 9.26 Å². The maximum absolute atomic E-state index is 13.0. The van der Waals surface area contributed by atoms with Gasteiger partial charge in [0.1, 0.15) is 12.2 Å². The molecule has 0 N–H and O–H groups in total. The number of aromatic nitrogens is 4. The third kappa shape index (κ3) is 4.45. The summed E-state index contributed by atoms with van der Waals surface area (Å²) in [6.07, 6.45) is -3.73. The van der Waals surface area contributed by atoms with Gasteiger partial charge in [-0.15, -0.1) is 0 Å². The summed E-state index contributed by atoms with van der Waals surface area (Å²) < 4.78 is 72.7. The predicted molar refractivity (Wildman–Crippen MR) is 91.1 cm³/mol. The Morgan fingerprint density at radius 3 is 2.62 bits per heavy atom. The predicted octanol–water partition coefficient (Wildman–Crippen LogP) is 2.20. The second-order valence-electron chi connectivity index (χ2n) is 5.87. The van der Waals surface area contributed by atoms with Crippen LogP contribution in [-0.4, -0.2) is 47.7 Å². The molecule has 0 fully saturated rings. The van der Waals surface area contributed by atoms with Crippen molar-refractivity contribution >= 4 is 15.8 Å². The van der Waals surface area contributed by atoms with Crippen LogP contribution in [-0.2, 0) is 32.1 Å². The molecular weight excluding hydrogens is 417 g/mol. The first-order valence-electron chi connectivity index (χ1n) is 7.85. The fourth-order valence-electron chi connectivity index (χ4n) is 2.35. The van der Waals surface area contributed by atoms with Crippen molar-refractivity contribution in [3.63, 3.8) is 0 Å². The summed E-state index contributed by atoms with van der Waals surface area (Å²) in [4.78, 5) is 15.5. The van der Waals surface area contributed by atoms with E-state index < -0.39 is 34.2 Å². The number of ether oxygens (including phenoxy) is 1. The second-order valence-corrected chi connectivity index (χ2v) is 7.89. The molecule has 0 aliphatic carbocycles. The Labute approximate surface area is 162 Å². The van der Waals surface area contributed by atoms with Crippen LogP contribution in [0.1, 0.15) is 5.69 Å². The SMILES string of the molecule is COC(=O)Cn1nc(C(F)(F)F)cc1-c1noc(-c2cccc(S(C)(=O)=O)c2)n1. The molecule has 13 heteroatoms. The smallest absolute Gasteiger partial charge is 0.435 e. The summed E-state index contributed by atoms with van der Waals surface area (Å²) in [5.74, 6) is -1.21. The van der Waals surface area contributed by atoms with E-state index in [1.165, 1.54) is 24.3 Å². The fourth-order valence-corrected chi connectivity index (χ4v) is 3.01. The van der Waals surface area contributed by atoms with Gasteiger partial charge in [0.15, 0.2) is 15.5 Å². The lowest BCUT2D eigenvalue weighted by atomic mass is 10.2. The zero-order valence-electron chi connectivity index (χ0n) is 15.0. The molecule has 3 rings (SSSR count). The van der Waals surface area contributed by atoms with Crippen LogP contribution in [0.5, 0.6) is 0 Å². The van der Waals surface area contributed by atoms with Crippen LogP contribution in [0.3, 0.4) is 0 Å². The van der Waals surface area contributed by atoms with E-state index in [-0.39, 0.29) is 27.9 Å². The van der Waals surface area contributed by atoms with E-state index in [0.29, 0.717) is 6.07 Å². The van der Waals surface area contributed by atoms with E-state index in [1.807, 2.05) is 0 Å². The number of methoxy groups -OCH3 is 1. The summed E-state index contributed by atoms with van der Waals surface area (Å²) in [5, 5.41) is 6.99. The van der Waals surface area contributed by atoms with E-state index in [0.717, 1.165) is 18.0 Å². The molecule has 154 valence electrons. The number of carbonyl (C=O) groups is 1. The van der Waals surface area contributed by atoms with Crippen LogP contribution in [0, 0.1) is 0 Å². The molecule has 0 aliphatic heterocycles. The minimum Gasteiger partial charge on any atom is -0.468 e. The highest BCUT2D eigenvalue weighted by Gasteiger charge is 2.36. The third-order valence-corrected chi connectivity index (χ3v) is 4.85. The third-order valence-electron chi connectivity index (χ3n) is 3.74. The van der Waals surface area contributed by atoms with Gasteiger partial charge in [-0.3, -0.25) is 4.79 Å². The number of halogens is 3. The lowest BCUT2D eigenvalue weighted by Crippen LogP contribution is -2.15. The lowest BCUT2D eigenvalue weighted by Gasteiger charge is -2.03. The molecule has 29 heavy (non-hydrogen) atoms. The first-order chi connectivity index (χ1) is 13.5. The summed E-state index contributed by atoms with van der Waals surface area (Å²) >= 11 is 0. The van der Waals surface area contributed by atoms with Crippen molar-refractivity contribution in [2.45, 2.75) is 17.6 Å². The molecule has 3 aromatic rings. The van der Waals surface area contributed by atoms with Crippen LogP contribution in [0.25, 0.3) is 23.0 Å². The number of hydrogen-bond acceptors (Lipinski definition) is 8. The van der Waals surface area contributed by atoms with Gasteiger partial charge in [0.2, 0.25) is 5.82 Å². The molecule has 0 bridgehead atoms. The minimum atomic E-state index is -4.76. The average Bonchev–Trinajstić information content (AvgIpc) is 3.27. The van der Waals surface area contributed by atoms with Crippen molar-refractivity contribution in [3.8, 4) is 23.0 Å². The Hall–Kier alpha value is -3.22. The molecule has 2 heterocycles. The highest BCUT2D eigenvalue weighted by Crippen LogP contribution is 2.32. The van der Waals surface area contributed by atoms with E-state index >= 15 is 0 Å². The molecule has 1 aromatic carbocycles.